The molecule has 0 aliphatic heterocycles. The number of benzene rings is 1. The van der Waals surface area contributed by atoms with Gasteiger partial charge >= 0.3 is 0 Å². The third kappa shape index (κ3) is 3.90. The molecule has 0 nitrogen and oxygen atoms in total. The lowest BCUT2D eigenvalue weighted by Crippen LogP contribution is -1.90. The van der Waals surface area contributed by atoms with Gasteiger partial charge in [-0.2, -0.15) is 0 Å². The maximum atomic E-state index is 13.1. The van der Waals surface area contributed by atoms with Crippen molar-refractivity contribution >= 4 is 15.9 Å². The number of halogens is 2. The molecule has 72 valence electrons. The molecular formula is C11H14BrF. The van der Waals surface area contributed by atoms with Crippen molar-refractivity contribution < 1.29 is 4.39 Å². The fourth-order valence-corrected chi connectivity index (χ4v) is 1.68. The molecule has 0 radical (unpaired) electrons. The lowest BCUT2D eigenvalue weighted by molar-refractivity contribution is 0.599. The van der Waals surface area contributed by atoms with Gasteiger partial charge in [0.1, 0.15) is 5.82 Å². The van der Waals surface area contributed by atoms with Crippen molar-refractivity contribution in [1.29, 1.82) is 0 Å². The van der Waals surface area contributed by atoms with E-state index in [0.717, 1.165) is 23.7 Å². The van der Waals surface area contributed by atoms with Crippen LogP contribution in [-0.2, 0) is 6.42 Å². The van der Waals surface area contributed by atoms with Crippen LogP contribution in [0.25, 0.3) is 0 Å². The van der Waals surface area contributed by atoms with E-state index in [-0.39, 0.29) is 5.82 Å². The predicted octanol–water partition coefficient (Wildman–Crippen LogP) is 3.93. The molecule has 0 bridgehead atoms. The van der Waals surface area contributed by atoms with Crippen LogP contribution >= 0.6 is 15.9 Å². The molecule has 0 aliphatic rings. The number of unbranched alkanes of at least 4 members (excludes halogenated alkanes) is 2. The Morgan fingerprint density at radius 1 is 1.08 bits per heavy atom. The van der Waals surface area contributed by atoms with E-state index < -0.39 is 0 Å². The Morgan fingerprint density at radius 3 is 2.54 bits per heavy atom. The zero-order valence-corrected chi connectivity index (χ0v) is 9.19. The Morgan fingerprint density at radius 2 is 1.85 bits per heavy atom. The molecule has 0 aromatic heterocycles. The van der Waals surface area contributed by atoms with Crippen LogP contribution in [0.2, 0.25) is 0 Å². The second-order valence-electron chi connectivity index (χ2n) is 3.09. The molecule has 2 heteroatoms. The van der Waals surface area contributed by atoms with Crippen molar-refractivity contribution in [1.82, 2.24) is 0 Å². The molecule has 0 spiro atoms. The van der Waals surface area contributed by atoms with Gasteiger partial charge < -0.3 is 0 Å². The third-order valence-corrected chi connectivity index (χ3v) is 2.60. The average Bonchev–Trinajstić information content (AvgIpc) is 2.15. The normalized spacial score (nSPS) is 10.3. The average molecular weight is 245 g/mol. The van der Waals surface area contributed by atoms with Gasteiger partial charge in [-0.25, -0.2) is 4.39 Å². The summed E-state index contributed by atoms with van der Waals surface area (Å²) in [4.78, 5) is 0. The number of aryl methyl sites for hydroxylation is 1. The summed E-state index contributed by atoms with van der Waals surface area (Å²) in [7, 11) is 0. The van der Waals surface area contributed by atoms with Gasteiger partial charge in [0.05, 0.1) is 0 Å². The zero-order valence-electron chi connectivity index (χ0n) is 7.60. The minimum absolute atomic E-state index is 0.0682. The van der Waals surface area contributed by atoms with Crippen LogP contribution in [0.4, 0.5) is 4.39 Å². The molecule has 0 atom stereocenters. The molecule has 0 fully saturated rings. The Balaban J connectivity index is 2.32. The molecule has 1 aromatic carbocycles. The highest BCUT2D eigenvalue weighted by Gasteiger charge is 1.99. The molecule has 1 rings (SSSR count). The first kappa shape index (κ1) is 10.7. The fourth-order valence-electron chi connectivity index (χ4n) is 1.29. The third-order valence-electron chi connectivity index (χ3n) is 2.04. The van der Waals surface area contributed by atoms with Gasteiger partial charge in [-0.1, -0.05) is 40.5 Å². The van der Waals surface area contributed by atoms with Gasteiger partial charge in [-0.15, -0.1) is 0 Å². The van der Waals surface area contributed by atoms with Crippen molar-refractivity contribution in [2.75, 3.05) is 5.33 Å². The van der Waals surface area contributed by atoms with Crippen LogP contribution in [0.15, 0.2) is 24.3 Å². The van der Waals surface area contributed by atoms with Crippen LogP contribution in [-0.4, -0.2) is 5.33 Å². The van der Waals surface area contributed by atoms with Gasteiger partial charge in [0.25, 0.3) is 0 Å². The molecule has 0 amide bonds. The highest BCUT2D eigenvalue weighted by molar-refractivity contribution is 9.09. The summed E-state index contributed by atoms with van der Waals surface area (Å²) in [6, 6.07) is 7.02. The van der Waals surface area contributed by atoms with Gasteiger partial charge in [-0.3, -0.25) is 0 Å². The topological polar surface area (TPSA) is 0 Å². The zero-order chi connectivity index (χ0) is 9.52. The summed E-state index contributed by atoms with van der Waals surface area (Å²) >= 11 is 3.38. The number of rotatable bonds is 5. The summed E-state index contributed by atoms with van der Waals surface area (Å²) in [5, 5.41) is 1.05. The monoisotopic (exact) mass is 244 g/mol. The van der Waals surface area contributed by atoms with E-state index in [1.807, 2.05) is 12.1 Å². The highest BCUT2D eigenvalue weighted by atomic mass is 79.9. The molecule has 0 heterocycles. The highest BCUT2D eigenvalue weighted by Crippen LogP contribution is 2.11. The minimum Gasteiger partial charge on any atom is -0.207 e. The Labute approximate surface area is 87.3 Å². The van der Waals surface area contributed by atoms with E-state index in [4.69, 9.17) is 0 Å². The predicted molar refractivity (Wildman–Crippen MR) is 57.7 cm³/mol. The van der Waals surface area contributed by atoms with Crippen molar-refractivity contribution in [2.24, 2.45) is 0 Å². The quantitative estimate of drug-likeness (QED) is 0.544. The molecule has 0 saturated heterocycles. The second-order valence-corrected chi connectivity index (χ2v) is 3.88. The summed E-state index contributed by atoms with van der Waals surface area (Å²) in [5.41, 5.74) is 0.845. The SMILES string of the molecule is Fc1ccccc1CCCCCBr. The van der Waals surface area contributed by atoms with Crippen LogP contribution in [0.5, 0.6) is 0 Å². The van der Waals surface area contributed by atoms with Crippen LogP contribution in [0, 0.1) is 5.82 Å². The number of alkyl halides is 1. The van der Waals surface area contributed by atoms with Crippen molar-refractivity contribution in [3.63, 3.8) is 0 Å². The molecular weight excluding hydrogens is 231 g/mol. The van der Waals surface area contributed by atoms with Gasteiger partial charge in [0.15, 0.2) is 0 Å². The van der Waals surface area contributed by atoms with Crippen molar-refractivity contribution in [3.05, 3.63) is 35.6 Å². The largest absolute Gasteiger partial charge is 0.207 e. The lowest BCUT2D eigenvalue weighted by Gasteiger charge is -2.01. The first-order valence-electron chi connectivity index (χ1n) is 4.64. The first-order valence-corrected chi connectivity index (χ1v) is 5.76. The number of hydrogen-bond acceptors (Lipinski definition) is 0. The first-order chi connectivity index (χ1) is 6.34. The smallest absolute Gasteiger partial charge is 0.126 e. The van der Waals surface area contributed by atoms with Gasteiger partial charge in [-0.05, 0) is 30.9 Å². The van der Waals surface area contributed by atoms with E-state index >= 15 is 0 Å². The van der Waals surface area contributed by atoms with E-state index in [9.17, 15) is 4.39 Å². The lowest BCUT2D eigenvalue weighted by atomic mass is 10.1. The van der Waals surface area contributed by atoms with Gasteiger partial charge in [0, 0.05) is 5.33 Å². The van der Waals surface area contributed by atoms with Crippen molar-refractivity contribution in [3.8, 4) is 0 Å². The van der Waals surface area contributed by atoms with E-state index in [1.54, 1.807) is 6.07 Å². The Bertz CT molecular complexity index is 248. The molecule has 13 heavy (non-hydrogen) atoms. The Hall–Kier alpha value is -0.370. The second kappa shape index (κ2) is 6.14. The van der Waals surface area contributed by atoms with Crippen LogP contribution in [0.3, 0.4) is 0 Å². The minimum atomic E-state index is -0.0682. The van der Waals surface area contributed by atoms with Crippen molar-refractivity contribution in [2.45, 2.75) is 25.7 Å². The standard InChI is InChI=1S/C11H14BrF/c12-9-5-1-2-6-10-7-3-4-8-11(10)13/h3-4,7-8H,1-2,5-6,9H2. The Kier molecular flexibility index (Phi) is 5.06. The molecule has 1 aromatic rings. The molecule has 0 saturated carbocycles. The summed E-state index contributed by atoms with van der Waals surface area (Å²) < 4.78 is 13.1. The maximum Gasteiger partial charge on any atom is 0.126 e. The summed E-state index contributed by atoms with van der Waals surface area (Å²) in [6.07, 6.45) is 4.28. The molecule has 0 aliphatic carbocycles. The van der Waals surface area contributed by atoms with Gasteiger partial charge in [0.2, 0.25) is 0 Å². The maximum absolute atomic E-state index is 13.1. The van der Waals surface area contributed by atoms with E-state index in [0.29, 0.717) is 0 Å². The molecule has 0 N–H and O–H groups in total. The fraction of sp³-hybridized carbons (Fsp3) is 0.455. The number of hydrogen-bond donors (Lipinski definition) is 0. The molecule has 0 unspecified atom stereocenters. The van der Waals surface area contributed by atoms with E-state index in [1.165, 1.54) is 18.9 Å². The summed E-state index contributed by atoms with van der Waals surface area (Å²) in [6.45, 7) is 0. The van der Waals surface area contributed by atoms with Crippen LogP contribution in [0.1, 0.15) is 24.8 Å². The van der Waals surface area contributed by atoms with E-state index in [2.05, 4.69) is 15.9 Å². The van der Waals surface area contributed by atoms with Crippen LogP contribution < -0.4 is 0 Å². The summed E-state index contributed by atoms with van der Waals surface area (Å²) in [5.74, 6) is -0.0682.